The zero-order chi connectivity index (χ0) is 14.8. The van der Waals surface area contributed by atoms with Gasteiger partial charge in [0.05, 0.1) is 17.7 Å². The first kappa shape index (κ1) is 14.9. The van der Waals surface area contributed by atoms with Crippen molar-refractivity contribution in [2.75, 3.05) is 7.11 Å². The number of aryl methyl sites for hydroxylation is 1. The molecule has 0 saturated carbocycles. The van der Waals surface area contributed by atoms with Crippen LogP contribution in [0.15, 0.2) is 42.5 Å². The zero-order valence-electron chi connectivity index (χ0n) is 12.1. The average Bonchev–Trinajstić information content (AvgIpc) is 2.47. The molecular weight excluding hydrogens is 270 g/mol. The quantitative estimate of drug-likeness (QED) is 0.918. The van der Waals surface area contributed by atoms with Gasteiger partial charge in [-0.25, -0.2) is 0 Å². The average molecular weight is 290 g/mol. The number of hydrogen-bond donors (Lipinski definition) is 1. The maximum atomic E-state index is 6.53. The van der Waals surface area contributed by atoms with E-state index in [0.717, 1.165) is 17.5 Å². The summed E-state index contributed by atoms with van der Waals surface area (Å²) in [6, 6.07) is 14.1. The van der Waals surface area contributed by atoms with Gasteiger partial charge in [-0.3, -0.25) is 0 Å². The van der Waals surface area contributed by atoms with Crippen LogP contribution in [0.1, 0.15) is 30.5 Å². The van der Waals surface area contributed by atoms with Gasteiger partial charge in [0.25, 0.3) is 0 Å². The fraction of sp³-hybridized carbons (Fsp3) is 0.294. The summed E-state index contributed by atoms with van der Waals surface area (Å²) >= 11 is 6.07. The normalized spacial score (nSPS) is 13.8. The predicted molar refractivity (Wildman–Crippen MR) is 84.5 cm³/mol. The first-order valence-electron chi connectivity index (χ1n) is 6.71. The van der Waals surface area contributed by atoms with Crippen LogP contribution in [0.2, 0.25) is 5.02 Å². The third-order valence-electron chi connectivity index (χ3n) is 3.71. The van der Waals surface area contributed by atoms with Gasteiger partial charge < -0.3 is 10.5 Å². The molecule has 2 nitrogen and oxygen atoms in total. The van der Waals surface area contributed by atoms with Gasteiger partial charge in [-0.15, -0.1) is 0 Å². The van der Waals surface area contributed by atoms with E-state index in [2.05, 4.69) is 31.2 Å². The minimum atomic E-state index is -0.579. The summed E-state index contributed by atoms with van der Waals surface area (Å²) in [5.41, 5.74) is 9.29. The molecule has 0 amide bonds. The van der Waals surface area contributed by atoms with Crippen LogP contribution in [0.3, 0.4) is 0 Å². The third kappa shape index (κ3) is 2.82. The lowest BCUT2D eigenvalue weighted by Gasteiger charge is -2.27. The van der Waals surface area contributed by atoms with Crippen molar-refractivity contribution in [2.45, 2.75) is 25.8 Å². The van der Waals surface area contributed by atoms with E-state index in [1.807, 2.05) is 25.1 Å². The van der Waals surface area contributed by atoms with Gasteiger partial charge in [0.1, 0.15) is 5.75 Å². The highest BCUT2D eigenvalue weighted by molar-refractivity contribution is 6.32. The molecule has 0 radical (unpaired) electrons. The Labute approximate surface area is 125 Å². The SMILES string of the molecule is CCc1ccc(C(C)(N)c2ccc(Cl)c(OC)c2)cc1. The summed E-state index contributed by atoms with van der Waals surface area (Å²) in [7, 11) is 1.61. The number of benzene rings is 2. The van der Waals surface area contributed by atoms with Crippen molar-refractivity contribution in [3.8, 4) is 5.75 Å². The van der Waals surface area contributed by atoms with Crippen LogP contribution in [0, 0.1) is 0 Å². The Morgan fingerprint density at radius 1 is 1.10 bits per heavy atom. The monoisotopic (exact) mass is 289 g/mol. The second-order valence-corrected chi connectivity index (χ2v) is 5.51. The fourth-order valence-electron chi connectivity index (χ4n) is 2.24. The van der Waals surface area contributed by atoms with Crippen LogP contribution in [0.4, 0.5) is 0 Å². The molecule has 2 rings (SSSR count). The molecular formula is C17H20ClNO. The van der Waals surface area contributed by atoms with Crippen LogP contribution >= 0.6 is 11.6 Å². The molecule has 2 N–H and O–H groups in total. The number of ether oxygens (including phenoxy) is 1. The molecule has 106 valence electrons. The molecule has 0 aliphatic rings. The van der Waals surface area contributed by atoms with Gasteiger partial charge in [0.2, 0.25) is 0 Å². The molecule has 2 aromatic rings. The Morgan fingerprint density at radius 3 is 2.25 bits per heavy atom. The van der Waals surface area contributed by atoms with E-state index in [9.17, 15) is 0 Å². The second kappa shape index (κ2) is 5.86. The molecule has 3 heteroatoms. The molecule has 0 saturated heterocycles. The lowest BCUT2D eigenvalue weighted by molar-refractivity contribution is 0.413. The highest BCUT2D eigenvalue weighted by Crippen LogP contribution is 2.32. The van der Waals surface area contributed by atoms with Crippen LogP contribution in [-0.4, -0.2) is 7.11 Å². The van der Waals surface area contributed by atoms with Crippen molar-refractivity contribution in [1.82, 2.24) is 0 Å². The summed E-state index contributed by atoms with van der Waals surface area (Å²) in [5.74, 6) is 0.644. The van der Waals surface area contributed by atoms with Crippen LogP contribution in [-0.2, 0) is 12.0 Å². The number of methoxy groups -OCH3 is 1. The van der Waals surface area contributed by atoms with E-state index in [0.29, 0.717) is 10.8 Å². The highest BCUT2D eigenvalue weighted by Gasteiger charge is 2.24. The molecule has 0 aliphatic heterocycles. The van der Waals surface area contributed by atoms with Crippen molar-refractivity contribution in [2.24, 2.45) is 5.73 Å². The second-order valence-electron chi connectivity index (χ2n) is 5.10. The molecule has 0 aliphatic carbocycles. The molecule has 1 atom stereocenters. The number of halogens is 1. The summed E-state index contributed by atoms with van der Waals surface area (Å²) < 4.78 is 5.27. The van der Waals surface area contributed by atoms with Gasteiger partial charge in [0.15, 0.2) is 0 Å². The van der Waals surface area contributed by atoms with E-state index in [1.54, 1.807) is 7.11 Å². The fourth-order valence-corrected chi connectivity index (χ4v) is 2.43. The van der Waals surface area contributed by atoms with Crippen LogP contribution in [0.25, 0.3) is 0 Å². The molecule has 0 heterocycles. The van der Waals surface area contributed by atoms with Crippen molar-refractivity contribution in [3.05, 3.63) is 64.2 Å². The number of hydrogen-bond acceptors (Lipinski definition) is 2. The molecule has 0 bridgehead atoms. The highest BCUT2D eigenvalue weighted by atomic mass is 35.5. The zero-order valence-corrected chi connectivity index (χ0v) is 12.9. The molecule has 0 aromatic heterocycles. The topological polar surface area (TPSA) is 35.2 Å². The number of nitrogens with two attached hydrogens (primary N) is 1. The van der Waals surface area contributed by atoms with Crippen LogP contribution in [0.5, 0.6) is 5.75 Å². The third-order valence-corrected chi connectivity index (χ3v) is 4.02. The number of rotatable bonds is 4. The van der Waals surface area contributed by atoms with E-state index in [1.165, 1.54) is 5.56 Å². The minimum absolute atomic E-state index is 0.579. The Hall–Kier alpha value is -1.51. The molecule has 2 aromatic carbocycles. The molecule has 20 heavy (non-hydrogen) atoms. The first-order chi connectivity index (χ1) is 9.48. The van der Waals surface area contributed by atoms with E-state index < -0.39 is 5.54 Å². The van der Waals surface area contributed by atoms with E-state index in [-0.39, 0.29) is 0 Å². The Balaban J connectivity index is 2.42. The van der Waals surface area contributed by atoms with Gasteiger partial charge in [0, 0.05) is 0 Å². The first-order valence-corrected chi connectivity index (χ1v) is 7.09. The summed E-state index contributed by atoms with van der Waals surface area (Å²) in [6.07, 6.45) is 1.02. The standard InChI is InChI=1S/C17H20ClNO/c1-4-12-5-7-13(8-6-12)17(2,19)14-9-10-15(18)16(11-14)20-3/h5-11H,4,19H2,1-3H3. The summed E-state index contributed by atoms with van der Waals surface area (Å²) in [6.45, 7) is 4.14. The molecule has 0 spiro atoms. The molecule has 0 fully saturated rings. The van der Waals surface area contributed by atoms with E-state index >= 15 is 0 Å². The summed E-state index contributed by atoms with van der Waals surface area (Å²) in [4.78, 5) is 0. The maximum Gasteiger partial charge on any atom is 0.137 e. The Bertz CT molecular complexity index is 590. The largest absolute Gasteiger partial charge is 0.495 e. The van der Waals surface area contributed by atoms with E-state index in [4.69, 9.17) is 22.1 Å². The van der Waals surface area contributed by atoms with Gasteiger partial charge in [-0.1, -0.05) is 48.9 Å². The van der Waals surface area contributed by atoms with Crippen LogP contribution < -0.4 is 10.5 Å². The Kier molecular flexibility index (Phi) is 4.36. The van der Waals surface area contributed by atoms with Gasteiger partial charge >= 0.3 is 0 Å². The van der Waals surface area contributed by atoms with Crippen molar-refractivity contribution in [3.63, 3.8) is 0 Å². The smallest absolute Gasteiger partial charge is 0.137 e. The lowest BCUT2D eigenvalue weighted by Crippen LogP contribution is -2.34. The molecule has 1 unspecified atom stereocenters. The van der Waals surface area contributed by atoms with Gasteiger partial charge in [-0.05, 0) is 42.2 Å². The Morgan fingerprint density at radius 2 is 1.70 bits per heavy atom. The van der Waals surface area contributed by atoms with Gasteiger partial charge in [-0.2, -0.15) is 0 Å². The minimum Gasteiger partial charge on any atom is -0.495 e. The predicted octanol–water partition coefficient (Wildman–Crippen LogP) is 4.13. The van der Waals surface area contributed by atoms with Crippen molar-refractivity contribution < 1.29 is 4.74 Å². The maximum absolute atomic E-state index is 6.53. The van der Waals surface area contributed by atoms with Crippen molar-refractivity contribution >= 4 is 11.6 Å². The van der Waals surface area contributed by atoms with Crippen molar-refractivity contribution in [1.29, 1.82) is 0 Å². The lowest BCUT2D eigenvalue weighted by atomic mass is 9.85. The summed E-state index contributed by atoms with van der Waals surface area (Å²) in [5, 5.41) is 0.591.